The molecular formula is C17H34O4Si2. The third-order valence-corrected chi connectivity index (χ3v) is 5.59. The van der Waals surface area contributed by atoms with Crippen LogP contribution in [0.4, 0.5) is 0 Å². The van der Waals surface area contributed by atoms with Crippen LogP contribution in [0.25, 0.3) is 0 Å². The first-order chi connectivity index (χ1) is 10.6. The van der Waals surface area contributed by atoms with E-state index in [2.05, 4.69) is 39.3 Å². The zero-order chi connectivity index (χ0) is 17.1. The van der Waals surface area contributed by atoms with Crippen molar-refractivity contribution < 1.29 is 18.3 Å². The van der Waals surface area contributed by atoms with E-state index >= 15 is 0 Å². The molecule has 0 aromatic heterocycles. The van der Waals surface area contributed by atoms with E-state index in [-0.39, 0.29) is 6.29 Å². The molecule has 0 radical (unpaired) electrons. The van der Waals surface area contributed by atoms with Crippen molar-refractivity contribution in [3.63, 3.8) is 0 Å². The SMILES string of the molecule is C[Si](C)(C)OC1=C(O[Si](C)(C)C)C(CCCC2OCCO2)CC1. The molecule has 2 rings (SSSR count). The van der Waals surface area contributed by atoms with E-state index in [4.69, 9.17) is 18.3 Å². The molecule has 2 aliphatic rings. The van der Waals surface area contributed by atoms with Crippen molar-refractivity contribution >= 4 is 16.6 Å². The Kier molecular flexibility index (Phi) is 6.38. The molecule has 1 aliphatic carbocycles. The van der Waals surface area contributed by atoms with Gasteiger partial charge in [-0.3, -0.25) is 0 Å². The molecule has 0 aromatic rings. The van der Waals surface area contributed by atoms with E-state index < -0.39 is 16.6 Å². The average molecular weight is 359 g/mol. The lowest BCUT2D eigenvalue weighted by molar-refractivity contribution is -0.0484. The van der Waals surface area contributed by atoms with Crippen LogP contribution < -0.4 is 0 Å². The lowest BCUT2D eigenvalue weighted by Crippen LogP contribution is -2.29. The van der Waals surface area contributed by atoms with Gasteiger partial charge in [0, 0.05) is 12.3 Å². The summed E-state index contributed by atoms with van der Waals surface area (Å²) in [6.07, 6.45) is 5.45. The number of ether oxygens (including phenoxy) is 2. The summed E-state index contributed by atoms with van der Waals surface area (Å²) in [5, 5.41) is 0. The zero-order valence-electron chi connectivity index (χ0n) is 15.7. The number of hydrogen-bond acceptors (Lipinski definition) is 4. The second-order valence-electron chi connectivity index (χ2n) is 8.55. The van der Waals surface area contributed by atoms with Gasteiger partial charge in [0.25, 0.3) is 0 Å². The van der Waals surface area contributed by atoms with Crippen LogP contribution in [0.1, 0.15) is 32.1 Å². The van der Waals surface area contributed by atoms with Gasteiger partial charge in [-0.25, -0.2) is 0 Å². The number of allylic oxidation sites excluding steroid dienone is 2. The predicted molar refractivity (Wildman–Crippen MR) is 98.2 cm³/mol. The molecule has 23 heavy (non-hydrogen) atoms. The summed E-state index contributed by atoms with van der Waals surface area (Å²) in [5.74, 6) is 2.82. The van der Waals surface area contributed by atoms with Gasteiger partial charge in [-0.1, -0.05) is 0 Å². The quantitative estimate of drug-likeness (QED) is 0.581. The normalized spacial score (nSPS) is 23.7. The molecule has 1 heterocycles. The Balaban J connectivity index is 1.96. The van der Waals surface area contributed by atoms with Crippen LogP contribution in [0.2, 0.25) is 39.3 Å². The van der Waals surface area contributed by atoms with Crippen molar-refractivity contribution in [3.8, 4) is 0 Å². The van der Waals surface area contributed by atoms with Gasteiger partial charge < -0.3 is 18.3 Å². The monoisotopic (exact) mass is 358 g/mol. The number of hydrogen-bond donors (Lipinski definition) is 0. The van der Waals surface area contributed by atoms with Gasteiger partial charge in [-0.15, -0.1) is 0 Å². The first-order valence-corrected chi connectivity index (χ1v) is 15.8. The van der Waals surface area contributed by atoms with Gasteiger partial charge >= 0.3 is 0 Å². The van der Waals surface area contributed by atoms with E-state index in [1.165, 1.54) is 5.76 Å². The van der Waals surface area contributed by atoms with Crippen LogP contribution in [0, 0.1) is 5.92 Å². The van der Waals surface area contributed by atoms with Crippen LogP contribution in [0.3, 0.4) is 0 Å². The number of rotatable bonds is 8. The highest BCUT2D eigenvalue weighted by Crippen LogP contribution is 2.39. The van der Waals surface area contributed by atoms with Gasteiger partial charge in [-0.05, 0) is 65.0 Å². The molecule has 134 valence electrons. The maximum Gasteiger partial charge on any atom is 0.241 e. The van der Waals surface area contributed by atoms with Crippen LogP contribution in [0.15, 0.2) is 11.5 Å². The Morgan fingerprint density at radius 1 is 0.913 bits per heavy atom. The molecule has 0 N–H and O–H groups in total. The van der Waals surface area contributed by atoms with Gasteiger partial charge in [0.05, 0.1) is 13.2 Å². The maximum atomic E-state index is 6.45. The van der Waals surface area contributed by atoms with Gasteiger partial charge in [0.15, 0.2) is 6.29 Å². The van der Waals surface area contributed by atoms with Gasteiger partial charge in [0.2, 0.25) is 16.6 Å². The third kappa shape index (κ3) is 6.60. The van der Waals surface area contributed by atoms with Crippen molar-refractivity contribution in [3.05, 3.63) is 11.5 Å². The molecule has 1 fully saturated rings. The first kappa shape index (κ1) is 19.0. The van der Waals surface area contributed by atoms with Crippen molar-refractivity contribution in [1.29, 1.82) is 0 Å². The molecule has 1 saturated heterocycles. The maximum absolute atomic E-state index is 6.45. The average Bonchev–Trinajstić information content (AvgIpc) is 2.99. The van der Waals surface area contributed by atoms with E-state index in [1.54, 1.807) is 0 Å². The fraction of sp³-hybridized carbons (Fsp3) is 0.882. The van der Waals surface area contributed by atoms with Crippen LogP contribution in [0.5, 0.6) is 0 Å². The van der Waals surface area contributed by atoms with Crippen LogP contribution in [-0.4, -0.2) is 36.1 Å². The Bertz CT molecular complexity index is 417. The van der Waals surface area contributed by atoms with Crippen molar-refractivity contribution in [2.45, 2.75) is 77.7 Å². The van der Waals surface area contributed by atoms with Gasteiger partial charge in [-0.2, -0.15) is 0 Å². The molecule has 0 spiro atoms. The third-order valence-electron chi connectivity index (χ3n) is 3.89. The molecule has 1 unspecified atom stereocenters. The highest BCUT2D eigenvalue weighted by Gasteiger charge is 2.34. The highest BCUT2D eigenvalue weighted by molar-refractivity contribution is 6.70. The summed E-state index contributed by atoms with van der Waals surface area (Å²) in [4.78, 5) is 0. The fourth-order valence-electron chi connectivity index (χ4n) is 3.11. The summed E-state index contributed by atoms with van der Waals surface area (Å²) in [6, 6.07) is 0. The van der Waals surface area contributed by atoms with E-state index in [0.717, 1.165) is 51.1 Å². The van der Waals surface area contributed by atoms with E-state index in [9.17, 15) is 0 Å². The molecule has 1 atom stereocenters. The standard InChI is InChI=1S/C17H34O4Si2/c1-22(2,3)20-15-11-10-14(17(15)21-23(4,5)6)8-7-9-16-18-12-13-19-16/h14,16H,7-13H2,1-6H3. The zero-order valence-corrected chi connectivity index (χ0v) is 17.7. The minimum atomic E-state index is -1.62. The highest BCUT2D eigenvalue weighted by atomic mass is 28.4. The van der Waals surface area contributed by atoms with E-state index in [0.29, 0.717) is 5.92 Å². The molecule has 0 amide bonds. The van der Waals surface area contributed by atoms with Crippen LogP contribution >= 0.6 is 0 Å². The molecule has 0 aromatic carbocycles. The molecule has 6 heteroatoms. The van der Waals surface area contributed by atoms with Crippen LogP contribution in [-0.2, 0) is 18.3 Å². The fourth-order valence-corrected chi connectivity index (χ4v) is 4.99. The Morgan fingerprint density at radius 3 is 2.09 bits per heavy atom. The summed E-state index contributed by atoms with van der Waals surface area (Å²) in [5.41, 5.74) is 0. The minimum absolute atomic E-state index is 0.0134. The predicted octanol–water partition coefficient (Wildman–Crippen LogP) is 4.85. The summed E-state index contributed by atoms with van der Waals surface area (Å²) in [7, 11) is -3.20. The Hall–Kier alpha value is -0.306. The summed E-state index contributed by atoms with van der Waals surface area (Å²) < 4.78 is 23.8. The topological polar surface area (TPSA) is 36.9 Å². The Morgan fingerprint density at radius 2 is 1.52 bits per heavy atom. The second-order valence-corrected chi connectivity index (χ2v) is 17.4. The molecule has 4 nitrogen and oxygen atoms in total. The van der Waals surface area contributed by atoms with Crippen molar-refractivity contribution in [2.24, 2.45) is 5.92 Å². The van der Waals surface area contributed by atoms with Crippen molar-refractivity contribution in [1.82, 2.24) is 0 Å². The summed E-state index contributed by atoms with van der Waals surface area (Å²) >= 11 is 0. The van der Waals surface area contributed by atoms with E-state index in [1.807, 2.05) is 0 Å². The smallest absolute Gasteiger partial charge is 0.241 e. The lowest BCUT2D eigenvalue weighted by Gasteiger charge is -2.27. The lowest BCUT2D eigenvalue weighted by atomic mass is 10.0. The molecular weight excluding hydrogens is 324 g/mol. The summed E-state index contributed by atoms with van der Waals surface area (Å²) in [6.45, 7) is 15.0. The Labute approximate surface area is 143 Å². The first-order valence-electron chi connectivity index (χ1n) is 8.98. The molecule has 0 bridgehead atoms. The van der Waals surface area contributed by atoms with Gasteiger partial charge in [0.1, 0.15) is 11.5 Å². The molecule has 0 saturated carbocycles. The van der Waals surface area contributed by atoms with Crippen molar-refractivity contribution in [2.75, 3.05) is 13.2 Å². The molecule has 1 aliphatic heterocycles. The second kappa shape index (κ2) is 7.72. The largest absolute Gasteiger partial charge is 0.545 e. The minimum Gasteiger partial charge on any atom is -0.545 e.